The van der Waals surface area contributed by atoms with E-state index in [2.05, 4.69) is 27.8 Å². The highest BCUT2D eigenvalue weighted by molar-refractivity contribution is 9.10. The Kier molecular flexibility index (Phi) is 2.95. The molecule has 1 aromatic rings. The third kappa shape index (κ3) is 2.15. The van der Waals surface area contributed by atoms with Crippen LogP contribution >= 0.6 is 15.9 Å². The monoisotopic (exact) mass is 268 g/mol. The van der Waals surface area contributed by atoms with Gasteiger partial charge in [0.2, 0.25) is 5.90 Å². The van der Waals surface area contributed by atoms with E-state index < -0.39 is 0 Å². The largest absolute Gasteiger partial charge is 0.475 e. The number of nitrogens with zero attached hydrogens (tertiary/aromatic N) is 1. The van der Waals surface area contributed by atoms with Gasteiger partial charge in [0, 0.05) is 10.2 Å². The first kappa shape index (κ1) is 10.5. The smallest absolute Gasteiger partial charge is 0.218 e. The fourth-order valence-corrected chi connectivity index (χ4v) is 1.85. The molecule has 15 heavy (non-hydrogen) atoms. The number of benzene rings is 1. The van der Waals surface area contributed by atoms with Crippen LogP contribution in [0.1, 0.15) is 18.9 Å². The summed E-state index contributed by atoms with van der Waals surface area (Å²) >= 11 is 3.41. The van der Waals surface area contributed by atoms with Crippen molar-refractivity contribution >= 4 is 27.5 Å². The molecular weight excluding hydrogens is 256 g/mol. The number of nitrogens with two attached hydrogens (primary N) is 1. The number of hydrogen-bond acceptors (Lipinski definition) is 3. The van der Waals surface area contributed by atoms with Crippen LogP contribution in [0.2, 0.25) is 0 Å². The Morgan fingerprint density at radius 1 is 1.60 bits per heavy atom. The van der Waals surface area contributed by atoms with Gasteiger partial charge < -0.3 is 10.5 Å². The molecule has 0 unspecified atom stereocenters. The Balaban J connectivity index is 2.34. The van der Waals surface area contributed by atoms with Crippen LogP contribution in [0.5, 0.6) is 0 Å². The van der Waals surface area contributed by atoms with Gasteiger partial charge in [0.15, 0.2) is 0 Å². The molecule has 2 rings (SSSR count). The minimum Gasteiger partial charge on any atom is -0.475 e. The van der Waals surface area contributed by atoms with Crippen molar-refractivity contribution in [3.63, 3.8) is 0 Å². The van der Waals surface area contributed by atoms with Crippen LogP contribution in [0.15, 0.2) is 27.7 Å². The first-order chi connectivity index (χ1) is 7.20. The van der Waals surface area contributed by atoms with Gasteiger partial charge in [-0.3, -0.25) is 0 Å². The van der Waals surface area contributed by atoms with E-state index in [1.165, 1.54) is 0 Å². The van der Waals surface area contributed by atoms with Gasteiger partial charge in [0.1, 0.15) is 6.61 Å². The van der Waals surface area contributed by atoms with Crippen LogP contribution in [0.4, 0.5) is 5.69 Å². The summed E-state index contributed by atoms with van der Waals surface area (Å²) in [6.07, 6.45) is 0.997. The molecular formula is C11H13BrN2O. The summed E-state index contributed by atoms with van der Waals surface area (Å²) in [5.41, 5.74) is 7.45. The Morgan fingerprint density at radius 2 is 2.40 bits per heavy atom. The zero-order valence-electron chi connectivity index (χ0n) is 8.53. The van der Waals surface area contributed by atoms with Gasteiger partial charge in [-0.05, 0) is 24.6 Å². The highest BCUT2D eigenvalue weighted by Gasteiger charge is 2.20. The Hall–Kier alpha value is -1.03. The minimum absolute atomic E-state index is 0.276. The Morgan fingerprint density at radius 3 is 3.07 bits per heavy atom. The third-order valence-electron chi connectivity index (χ3n) is 2.43. The molecule has 4 heteroatoms. The van der Waals surface area contributed by atoms with Gasteiger partial charge in [-0.25, -0.2) is 4.99 Å². The lowest BCUT2D eigenvalue weighted by Gasteiger charge is -2.05. The maximum atomic E-state index is 5.87. The number of rotatable bonds is 2. The maximum absolute atomic E-state index is 5.87. The van der Waals surface area contributed by atoms with Crippen molar-refractivity contribution in [3.05, 3.63) is 28.2 Å². The van der Waals surface area contributed by atoms with Crippen molar-refractivity contribution in [1.29, 1.82) is 0 Å². The Labute approximate surface area is 97.5 Å². The van der Waals surface area contributed by atoms with Gasteiger partial charge >= 0.3 is 0 Å². The lowest BCUT2D eigenvalue weighted by molar-refractivity contribution is 0.315. The fraction of sp³-hybridized carbons (Fsp3) is 0.364. The lowest BCUT2D eigenvalue weighted by Crippen LogP contribution is -2.05. The van der Waals surface area contributed by atoms with Crippen molar-refractivity contribution in [2.45, 2.75) is 19.4 Å². The zero-order chi connectivity index (χ0) is 10.8. The van der Waals surface area contributed by atoms with Crippen molar-refractivity contribution in [2.24, 2.45) is 4.99 Å². The summed E-state index contributed by atoms with van der Waals surface area (Å²) in [4.78, 5) is 4.47. The van der Waals surface area contributed by atoms with Crippen LogP contribution in [-0.4, -0.2) is 18.5 Å². The number of ether oxygens (including phenoxy) is 1. The number of aliphatic imine (C=N–C) groups is 1. The SMILES string of the molecule is CC[C@@H]1COC(c2cc(Br)ccc2N)=N1. The predicted octanol–water partition coefficient (Wildman–Crippen LogP) is 2.59. The van der Waals surface area contributed by atoms with Crippen LogP contribution in [-0.2, 0) is 4.74 Å². The second-order valence-corrected chi connectivity index (χ2v) is 4.45. The first-order valence-corrected chi connectivity index (χ1v) is 5.76. The summed E-state index contributed by atoms with van der Waals surface area (Å²) in [6, 6.07) is 5.97. The van der Waals surface area contributed by atoms with Crippen molar-refractivity contribution < 1.29 is 4.74 Å². The molecule has 0 aromatic heterocycles. The summed E-state index contributed by atoms with van der Waals surface area (Å²) in [6.45, 7) is 2.77. The minimum atomic E-state index is 0.276. The number of halogens is 1. The fourth-order valence-electron chi connectivity index (χ4n) is 1.49. The average molecular weight is 269 g/mol. The molecule has 1 aliphatic heterocycles. The Bertz CT molecular complexity index is 404. The lowest BCUT2D eigenvalue weighted by atomic mass is 10.2. The van der Waals surface area contributed by atoms with E-state index in [-0.39, 0.29) is 6.04 Å². The van der Waals surface area contributed by atoms with E-state index in [4.69, 9.17) is 10.5 Å². The molecule has 0 radical (unpaired) electrons. The maximum Gasteiger partial charge on any atom is 0.218 e. The molecule has 0 amide bonds. The summed E-state index contributed by atoms with van der Waals surface area (Å²) in [7, 11) is 0. The van der Waals surface area contributed by atoms with Crippen molar-refractivity contribution in [3.8, 4) is 0 Å². The predicted molar refractivity (Wildman–Crippen MR) is 65.1 cm³/mol. The summed E-state index contributed by atoms with van der Waals surface area (Å²) < 4.78 is 6.51. The second kappa shape index (κ2) is 4.23. The normalized spacial score (nSPS) is 19.9. The van der Waals surface area contributed by atoms with Crippen LogP contribution in [0.3, 0.4) is 0 Å². The van der Waals surface area contributed by atoms with Gasteiger partial charge in [0.25, 0.3) is 0 Å². The van der Waals surface area contributed by atoms with E-state index in [0.717, 1.165) is 16.5 Å². The van der Waals surface area contributed by atoms with Gasteiger partial charge in [-0.15, -0.1) is 0 Å². The van der Waals surface area contributed by atoms with Gasteiger partial charge in [-0.1, -0.05) is 22.9 Å². The molecule has 0 saturated heterocycles. The number of nitrogen functional groups attached to an aromatic ring is 1. The molecule has 0 bridgehead atoms. The number of anilines is 1. The molecule has 0 fully saturated rings. The van der Waals surface area contributed by atoms with E-state index in [9.17, 15) is 0 Å². The topological polar surface area (TPSA) is 47.6 Å². The average Bonchev–Trinajstić information content (AvgIpc) is 2.70. The first-order valence-electron chi connectivity index (χ1n) is 4.96. The van der Waals surface area contributed by atoms with Crippen molar-refractivity contribution in [1.82, 2.24) is 0 Å². The molecule has 1 heterocycles. The molecule has 0 aliphatic carbocycles. The van der Waals surface area contributed by atoms with Gasteiger partial charge in [0.05, 0.1) is 11.6 Å². The zero-order valence-corrected chi connectivity index (χ0v) is 10.1. The molecule has 1 atom stereocenters. The highest BCUT2D eigenvalue weighted by atomic mass is 79.9. The molecule has 3 nitrogen and oxygen atoms in total. The van der Waals surface area contributed by atoms with E-state index >= 15 is 0 Å². The molecule has 1 aromatic carbocycles. The summed E-state index contributed by atoms with van der Waals surface area (Å²) in [5, 5.41) is 0. The third-order valence-corrected chi connectivity index (χ3v) is 2.92. The van der Waals surface area contributed by atoms with E-state index in [1.807, 2.05) is 18.2 Å². The summed E-state index contributed by atoms with van der Waals surface area (Å²) in [5.74, 6) is 0.667. The van der Waals surface area contributed by atoms with Crippen molar-refractivity contribution in [2.75, 3.05) is 12.3 Å². The van der Waals surface area contributed by atoms with Crippen LogP contribution in [0, 0.1) is 0 Å². The second-order valence-electron chi connectivity index (χ2n) is 3.54. The number of hydrogen-bond donors (Lipinski definition) is 1. The molecule has 0 spiro atoms. The molecule has 80 valence electrons. The van der Waals surface area contributed by atoms with Gasteiger partial charge in [-0.2, -0.15) is 0 Å². The van der Waals surface area contributed by atoms with Crippen LogP contribution < -0.4 is 5.73 Å². The van der Waals surface area contributed by atoms with E-state index in [0.29, 0.717) is 18.2 Å². The van der Waals surface area contributed by atoms with Crippen LogP contribution in [0.25, 0.3) is 0 Å². The molecule has 2 N–H and O–H groups in total. The molecule has 1 aliphatic rings. The highest BCUT2D eigenvalue weighted by Crippen LogP contribution is 2.22. The molecule has 0 saturated carbocycles. The standard InChI is InChI=1S/C11H13BrN2O/c1-2-8-6-15-11(14-8)9-5-7(12)3-4-10(9)13/h3-5,8H,2,6,13H2,1H3/t8-/m1/s1. The van der Waals surface area contributed by atoms with E-state index in [1.54, 1.807) is 0 Å². The quantitative estimate of drug-likeness (QED) is 0.839.